The number of hydrogen-bond donors (Lipinski definition) is 2. The van der Waals surface area contributed by atoms with Gasteiger partial charge in [0.2, 0.25) is 0 Å². The van der Waals surface area contributed by atoms with Crippen molar-refractivity contribution < 1.29 is 5.11 Å². The summed E-state index contributed by atoms with van der Waals surface area (Å²) in [5, 5.41) is 21.7. The lowest BCUT2D eigenvalue weighted by Gasteiger charge is -2.07. The van der Waals surface area contributed by atoms with Crippen molar-refractivity contribution in [1.82, 2.24) is 19.6 Å². The Kier molecular flexibility index (Phi) is 4.66. The molecule has 0 atom stereocenters. The fourth-order valence-electron chi connectivity index (χ4n) is 2.82. The van der Waals surface area contributed by atoms with E-state index in [2.05, 4.69) is 34.6 Å². The van der Waals surface area contributed by atoms with Gasteiger partial charge in [0.05, 0.1) is 24.5 Å². The first-order valence-corrected chi connectivity index (χ1v) is 8.06. The molecule has 0 fully saturated rings. The van der Waals surface area contributed by atoms with Crippen LogP contribution >= 0.6 is 0 Å². The van der Waals surface area contributed by atoms with Crippen LogP contribution in [-0.4, -0.2) is 31.3 Å². The monoisotopic (exact) mass is 325 g/mol. The van der Waals surface area contributed by atoms with E-state index in [0.29, 0.717) is 13.1 Å². The maximum absolute atomic E-state index is 9.31. The van der Waals surface area contributed by atoms with Crippen molar-refractivity contribution in [1.29, 1.82) is 0 Å². The molecule has 1 aromatic carbocycles. The van der Waals surface area contributed by atoms with E-state index in [-0.39, 0.29) is 6.61 Å². The summed E-state index contributed by atoms with van der Waals surface area (Å²) in [6.07, 6.45) is 2.01. The Morgan fingerprint density at radius 3 is 2.62 bits per heavy atom. The fourth-order valence-corrected chi connectivity index (χ4v) is 2.82. The van der Waals surface area contributed by atoms with E-state index in [1.165, 1.54) is 5.56 Å². The molecule has 24 heavy (non-hydrogen) atoms. The lowest BCUT2D eigenvalue weighted by Crippen LogP contribution is -2.10. The zero-order valence-corrected chi connectivity index (χ0v) is 14.3. The van der Waals surface area contributed by atoms with Gasteiger partial charge in [-0.3, -0.25) is 4.68 Å². The Morgan fingerprint density at radius 1 is 1.17 bits per heavy atom. The third-order valence-electron chi connectivity index (χ3n) is 4.09. The highest BCUT2D eigenvalue weighted by Gasteiger charge is 2.12. The van der Waals surface area contributed by atoms with Crippen LogP contribution in [0.2, 0.25) is 0 Å². The number of aryl methyl sites for hydroxylation is 3. The van der Waals surface area contributed by atoms with Crippen molar-refractivity contribution in [3.8, 4) is 11.3 Å². The number of nitrogens with zero attached hydrogens (tertiary/aromatic N) is 4. The summed E-state index contributed by atoms with van der Waals surface area (Å²) in [6, 6.07) is 10.2. The molecule has 6 heteroatoms. The molecule has 3 rings (SSSR count). The first-order chi connectivity index (χ1) is 11.6. The molecule has 0 aliphatic rings. The molecule has 126 valence electrons. The second-order valence-electron chi connectivity index (χ2n) is 5.94. The maximum atomic E-state index is 9.31. The maximum Gasteiger partial charge on any atom is 0.125 e. The van der Waals surface area contributed by atoms with Crippen LogP contribution < -0.4 is 5.32 Å². The molecular weight excluding hydrogens is 302 g/mol. The largest absolute Gasteiger partial charge is 0.394 e. The van der Waals surface area contributed by atoms with Gasteiger partial charge in [-0.1, -0.05) is 24.3 Å². The van der Waals surface area contributed by atoms with Crippen molar-refractivity contribution in [2.45, 2.75) is 26.9 Å². The van der Waals surface area contributed by atoms with E-state index >= 15 is 0 Å². The lowest BCUT2D eigenvalue weighted by atomic mass is 10.1. The van der Waals surface area contributed by atoms with Crippen LogP contribution in [0.5, 0.6) is 0 Å². The van der Waals surface area contributed by atoms with Gasteiger partial charge in [0.15, 0.2) is 0 Å². The number of aromatic nitrogens is 4. The van der Waals surface area contributed by atoms with Crippen molar-refractivity contribution in [2.24, 2.45) is 7.05 Å². The topological polar surface area (TPSA) is 67.9 Å². The number of anilines is 1. The van der Waals surface area contributed by atoms with Crippen LogP contribution in [-0.2, 0) is 20.1 Å². The first-order valence-electron chi connectivity index (χ1n) is 8.06. The van der Waals surface area contributed by atoms with E-state index in [1.807, 2.05) is 47.7 Å². The highest BCUT2D eigenvalue weighted by atomic mass is 16.3. The van der Waals surface area contributed by atoms with E-state index < -0.39 is 0 Å². The highest BCUT2D eigenvalue weighted by Crippen LogP contribution is 2.25. The van der Waals surface area contributed by atoms with E-state index in [4.69, 9.17) is 0 Å². The minimum absolute atomic E-state index is 0.0511. The number of benzene rings is 1. The summed E-state index contributed by atoms with van der Waals surface area (Å²) in [4.78, 5) is 0. The molecule has 2 heterocycles. The Bertz CT molecular complexity index is 834. The number of rotatable bonds is 6. The van der Waals surface area contributed by atoms with Gasteiger partial charge in [-0.05, 0) is 19.4 Å². The molecule has 0 aliphatic heterocycles. The van der Waals surface area contributed by atoms with Crippen LogP contribution in [0.1, 0.15) is 16.8 Å². The molecule has 2 aromatic heterocycles. The number of aliphatic hydroxyl groups excluding tert-OH is 1. The molecule has 3 aromatic rings. The molecule has 0 unspecified atom stereocenters. The summed E-state index contributed by atoms with van der Waals surface area (Å²) in [7, 11) is 1.92. The van der Waals surface area contributed by atoms with Crippen LogP contribution in [0.4, 0.5) is 5.82 Å². The molecule has 0 aliphatic carbocycles. The van der Waals surface area contributed by atoms with Crippen molar-refractivity contribution in [3.63, 3.8) is 0 Å². The summed E-state index contributed by atoms with van der Waals surface area (Å²) in [6.45, 7) is 5.26. The van der Waals surface area contributed by atoms with Crippen LogP contribution in [0, 0.1) is 13.8 Å². The quantitative estimate of drug-likeness (QED) is 0.731. The summed E-state index contributed by atoms with van der Waals surface area (Å²) in [5.41, 5.74) is 5.35. The van der Waals surface area contributed by atoms with Crippen LogP contribution in [0.3, 0.4) is 0 Å². The summed E-state index contributed by atoms with van der Waals surface area (Å²) >= 11 is 0. The minimum atomic E-state index is 0.0511. The molecule has 0 radical (unpaired) electrons. The van der Waals surface area contributed by atoms with Gasteiger partial charge in [0.1, 0.15) is 5.82 Å². The highest BCUT2D eigenvalue weighted by molar-refractivity contribution is 5.66. The average Bonchev–Trinajstić information content (AvgIpc) is 3.09. The SMILES string of the molecule is Cc1ccccc1-c1cc(NCc2cn(C)nc2C)n(CCO)n1. The van der Waals surface area contributed by atoms with Crippen LogP contribution in [0.15, 0.2) is 36.5 Å². The minimum Gasteiger partial charge on any atom is -0.394 e. The molecule has 0 saturated carbocycles. The zero-order valence-electron chi connectivity index (χ0n) is 14.3. The third-order valence-corrected chi connectivity index (χ3v) is 4.09. The predicted molar refractivity (Wildman–Crippen MR) is 94.8 cm³/mol. The molecule has 0 bridgehead atoms. The summed E-state index contributed by atoms with van der Waals surface area (Å²) in [5.74, 6) is 0.894. The average molecular weight is 325 g/mol. The molecule has 6 nitrogen and oxygen atoms in total. The first kappa shape index (κ1) is 16.3. The Balaban J connectivity index is 1.86. The lowest BCUT2D eigenvalue weighted by molar-refractivity contribution is 0.270. The molecule has 0 saturated heterocycles. The van der Waals surface area contributed by atoms with Crippen molar-refractivity contribution in [3.05, 3.63) is 53.3 Å². The van der Waals surface area contributed by atoms with Gasteiger partial charge in [-0.2, -0.15) is 10.2 Å². The van der Waals surface area contributed by atoms with Gasteiger partial charge in [0.25, 0.3) is 0 Å². The number of nitrogens with one attached hydrogen (secondary N) is 1. The van der Waals surface area contributed by atoms with Crippen molar-refractivity contribution in [2.75, 3.05) is 11.9 Å². The van der Waals surface area contributed by atoms with E-state index in [1.54, 1.807) is 0 Å². The zero-order chi connectivity index (χ0) is 17.1. The second-order valence-corrected chi connectivity index (χ2v) is 5.94. The van der Waals surface area contributed by atoms with E-state index in [0.717, 1.165) is 28.3 Å². The Labute approximate surface area is 141 Å². The fraction of sp³-hybridized carbons (Fsp3) is 0.333. The van der Waals surface area contributed by atoms with Gasteiger partial charge in [0, 0.05) is 37.0 Å². The normalized spacial score (nSPS) is 11.0. The molecule has 0 amide bonds. The molecule has 2 N–H and O–H groups in total. The van der Waals surface area contributed by atoms with Gasteiger partial charge < -0.3 is 10.4 Å². The van der Waals surface area contributed by atoms with E-state index in [9.17, 15) is 5.11 Å². The van der Waals surface area contributed by atoms with Crippen molar-refractivity contribution >= 4 is 5.82 Å². The third kappa shape index (κ3) is 3.33. The van der Waals surface area contributed by atoms with Gasteiger partial charge in [-0.15, -0.1) is 0 Å². The van der Waals surface area contributed by atoms with Gasteiger partial charge >= 0.3 is 0 Å². The Morgan fingerprint density at radius 2 is 1.96 bits per heavy atom. The second kappa shape index (κ2) is 6.88. The number of aliphatic hydroxyl groups is 1. The van der Waals surface area contributed by atoms with Crippen LogP contribution in [0.25, 0.3) is 11.3 Å². The van der Waals surface area contributed by atoms with Gasteiger partial charge in [-0.25, -0.2) is 4.68 Å². The summed E-state index contributed by atoms with van der Waals surface area (Å²) < 4.78 is 3.63. The smallest absolute Gasteiger partial charge is 0.125 e. The Hall–Kier alpha value is -2.60. The standard InChI is InChI=1S/C18H23N5O/c1-13-6-4-5-7-16(13)17-10-18(23(21-17)8-9-24)19-11-15-12-22(3)20-14(15)2/h4-7,10,12,19,24H,8-9,11H2,1-3H3. The predicted octanol–water partition coefficient (Wildman–Crippen LogP) is 2.50. The number of hydrogen-bond acceptors (Lipinski definition) is 4. The molecular formula is C18H23N5O. The molecule has 0 spiro atoms.